The summed E-state index contributed by atoms with van der Waals surface area (Å²) in [5.41, 5.74) is 0.192. The summed E-state index contributed by atoms with van der Waals surface area (Å²) in [5.74, 6) is -2.12. The van der Waals surface area contributed by atoms with Gasteiger partial charge in [-0.15, -0.1) is 5.10 Å². The molecule has 0 saturated carbocycles. The van der Waals surface area contributed by atoms with E-state index in [0.29, 0.717) is 0 Å². The van der Waals surface area contributed by atoms with Gasteiger partial charge in [-0.05, 0) is 18.2 Å². The van der Waals surface area contributed by atoms with Gasteiger partial charge in [0.05, 0.1) is 17.1 Å². The molecule has 0 aliphatic carbocycles. The van der Waals surface area contributed by atoms with E-state index in [2.05, 4.69) is 10.3 Å². The fourth-order valence-electron chi connectivity index (χ4n) is 1.26. The minimum atomic E-state index is -5.02. The molecule has 8 heteroatoms. The lowest BCUT2D eigenvalue weighted by molar-refractivity contribution is -0.0953. The molecule has 0 amide bonds. The minimum Gasteiger partial charge on any atom is -0.262 e. The van der Waals surface area contributed by atoms with Crippen molar-refractivity contribution in [2.24, 2.45) is 0 Å². The van der Waals surface area contributed by atoms with Crippen LogP contribution in [0.4, 0.5) is 13.2 Å². The van der Waals surface area contributed by atoms with Crippen molar-refractivity contribution < 1.29 is 18.0 Å². The lowest BCUT2D eigenvalue weighted by Crippen LogP contribution is -2.29. The SMILES string of the molecule is N#Cc1ccc2c(c1)nnn2C(=O)C(F)(F)F. The highest BCUT2D eigenvalue weighted by Crippen LogP contribution is 2.20. The molecule has 86 valence electrons. The van der Waals surface area contributed by atoms with Crippen molar-refractivity contribution in [1.29, 1.82) is 5.26 Å². The summed E-state index contributed by atoms with van der Waals surface area (Å²) in [6.45, 7) is 0. The third kappa shape index (κ3) is 1.82. The van der Waals surface area contributed by atoms with Crippen LogP contribution in [-0.4, -0.2) is 27.1 Å². The Morgan fingerprint density at radius 2 is 2.12 bits per heavy atom. The molecule has 0 radical (unpaired) electrons. The van der Waals surface area contributed by atoms with Gasteiger partial charge in [0.25, 0.3) is 0 Å². The summed E-state index contributed by atoms with van der Waals surface area (Å²) in [5, 5.41) is 15.1. The van der Waals surface area contributed by atoms with Gasteiger partial charge in [-0.2, -0.15) is 23.1 Å². The van der Waals surface area contributed by atoms with Crippen molar-refractivity contribution in [3.8, 4) is 6.07 Å². The number of benzene rings is 1. The molecular formula is C9H3F3N4O. The summed E-state index contributed by atoms with van der Waals surface area (Å²) < 4.78 is 36.7. The second-order valence-corrected chi connectivity index (χ2v) is 3.12. The number of hydrogen-bond donors (Lipinski definition) is 0. The molecule has 0 fully saturated rings. The van der Waals surface area contributed by atoms with Crippen LogP contribution in [0.3, 0.4) is 0 Å². The summed E-state index contributed by atoms with van der Waals surface area (Å²) in [6, 6.07) is 5.53. The van der Waals surface area contributed by atoms with Gasteiger partial charge in [0.15, 0.2) is 0 Å². The number of alkyl halides is 3. The highest BCUT2D eigenvalue weighted by atomic mass is 19.4. The van der Waals surface area contributed by atoms with E-state index >= 15 is 0 Å². The number of halogens is 3. The maximum atomic E-state index is 12.2. The molecule has 0 unspecified atom stereocenters. The first-order valence-corrected chi connectivity index (χ1v) is 4.30. The standard InChI is InChI=1S/C9H3F3N4O/c10-9(11,12)8(17)16-7-2-1-5(4-13)3-6(7)14-15-16/h1-3H. The van der Waals surface area contributed by atoms with Crippen LogP contribution >= 0.6 is 0 Å². The summed E-state index contributed by atoms with van der Waals surface area (Å²) >= 11 is 0. The van der Waals surface area contributed by atoms with Gasteiger partial charge >= 0.3 is 12.1 Å². The molecule has 0 aliphatic heterocycles. The van der Waals surface area contributed by atoms with Crippen molar-refractivity contribution in [3.63, 3.8) is 0 Å². The molecule has 0 atom stereocenters. The maximum absolute atomic E-state index is 12.2. The molecular weight excluding hydrogens is 237 g/mol. The minimum absolute atomic E-state index is 0.0571. The highest BCUT2D eigenvalue weighted by molar-refractivity contribution is 5.92. The first-order valence-electron chi connectivity index (χ1n) is 4.30. The van der Waals surface area contributed by atoms with Crippen molar-refractivity contribution in [1.82, 2.24) is 15.0 Å². The van der Waals surface area contributed by atoms with Gasteiger partial charge in [-0.3, -0.25) is 4.79 Å². The Labute approximate surface area is 92.1 Å². The van der Waals surface area contributed by atoms with Crippen molar-refractivity contribution >= 4 is 16.9 Å². The van der Waals surface area contributed by atoms with E-state index < -0.39 is 12.1 Å². The summed E-state index contributed by atoms with van der Waals surface area (Å²) in [7, 11) is 0. The smallest absolute Gasteiger partial charge is 0.262 e. The number of nitrogens with zero attached hydrogens (tertiary/aromatic N) is 4. The first kappa shape index (κ1) is 11.1. The number of carbonyl (C=O) groups is 1. The van der Waals surface area contributed by atoms with E-state index in [0.717, 1.165) is 0 Å². The molecule has 0 N–H and O–H groups in total. The number of aromatic nitrogens is 3. The molecule has 0 aliphatic rings. The highest BCUT2D eigenvalue weighted by Gasteiger charge is 2.41. The summed E-state index contributed by atoms with van der Waals surface area (Å²) in [4.78, 5) is 11.0. The Morgan fingerprint density at radius 1 is 1.41 bits per heavy atom. The van der Waals surface area contributed by atoms with Gasteiger partial charge < -0.3 is 0 Å². The molecule has 1 aromatic carbocycles. The maximum Gasteiger partial charge on any atom is 0.473 e. The molecule has 0 saturated heterocycles. The predicted octanol–water partition coefficient (Wildman–Crippen LogP) is 1.51. The quantitative estimate of drug-likeness (QED) is 0.699. The largest absolute Gasteiger partial charge is 0.473 e. The third-order valence-electron chi connectivity index (χ3n) is 2.01. The van der Waals surface area contributed by atoms with E-state index in [1.807, 2.05) is 0 Å². The predicted molar refractivity (Wildman–Crippen MR) is 48.9 cm³/mol. The Kier molecular flexibility index (Phi) is 2.31. The Bertz CT molecular complexity index is 638. The lowest BCUT2D eigenvalue weighted by Gasteiger charge is -2.04. The number of fused-ring (bicyclic) bond motifs is 1. The van der Waals surface area contributed by atoms with Crippen LogP contribution in [-0.2, 0) is 0 Å². The van der Waals surface area contributed by atoms with Crippen molar-refractivity contribution in [2.45, 2.75) is 6.18 Å². The topological polar surface area (TPSA) is 71.6 Å². The third-order valence-corrected chi connectivity index (χ3v) is 2.01. The molecule has 17 heavy (non-hydrogen) atoms. The molecule has 1 heterocycles. The van der Waals surface area contributed by atoms with Crippen LogP contribution in [0.2, 0.25) is 0 Å². The fourth-order valence-corrected chi connectivity index (χ4v) is 1.26. The van der Waals surface area contributed by atoms with Gasteiger partial charge in [0.1, 0.15) is 5.52 Å². The Balaban J connectivity index is 2.59. The van der Waals surface area contributed by atoms with Gasteiger partial charge in [-0.1, -0.05) is 5.21 Å². The molecule has 2 aromatic rings. The van der Waals surface area contributed by atoms with Gasteiger partial charge in [0.2, 0.25) is 0 Å². The van der Waals surface area contributed by atoms with Crippen molar-refractivity contribution in [3.05, 3.63) is 23.8 Å². The normalized spacial score (nSPS) is 11.4. The van der Waals surface area contributed by atoms with Crippen LogP contribution in [0.5, 0.6) is 0 Å². The van der Waals surface area contributed by atoms with Crippen LogP contribution < -0.4 is 0 Å². The van der Waals surface area contributed by atoms with E-state index in [4.69, 9.17) is 5.26 Å². The van der Waals surface area contributed by atoms with E-state index in [9.17, 15) is 18.0 Å². The zero-order valence-corrected chi connectivity index (χ0v) is 8.06. The van der Waals surface area contributed by atoms with E-state index in [1.54, 1.807) is 6.07 Å². The van der Waals surface area contributed by atoms with Crippen LogP contribution in [0.25, 0.3) is 11.0 Å². The zero-order valence-electron chi connectivity index (χ0n) is 8.06. The van der Waals surface area contributed by atoms with E-state index in [1.165, 1.54) is 18.2 Å². The van der Waals surface area contributed by atoms with Gasteiger partial charge in [0, 0.05) is 0 Å². The van der Waals surface area contributed by atoms with Crippen LogP contribution in [0.1, 0.15) is 10.4 Å². The summed E-state index contributed by atoms with van der Waals surface area (Å²) in [6.07, 6.45) is -5.02. The Hall–Kier alpha value is -2.43. The molecule has 0 spiro atoms. The van der Waals surface area contributed by atoms with E-state index in [-0.39, 0.29) is 21.3 Å². The monoisotopic (exact) mass is 240 g/mol. The first-order chi connectivity index (χ1) is 7.93. The average Bonchev–Trinajstić information content (AvgIpc) is 2.69. The second kappa shape index (κ2) is 3.55. The number of hydrogen-bond acceptors (Lipinski definition) is 4. The zero-order chi connectivity index (χ0) is 12.6. The number of nitriles is 1. The number of rotatable bonds is 0. The van der Waals surface area contributed by atoms with Crippen LogP contribution in [0.15, 0.2) is 18.2 Å². The molecule has 1 aromatic heterocycles. The number of carbonyl (C=O) groups excluding carboxylic acids is 1. The molecule has 5 nitrogen and oxygen atoms in total. The second-order valence-electron chi connectivity index (χ2n) is 3.12. The average molecular weight is 240 g/mol. The van der Waals surface area contributed by atoms with Crippen LogP contribution in [0, 0.1) is 11.3 Å². The van der Waals surface area contributed by atoms with Crippen molar-refractivity contribution in [2.75, 3.05) is 0 Å². The van der Waals surface area contributed by atoms with Gasteiger partial charge in [-0.25, -0.2) is 0 Å². The fraction of sp³-hybridized carbons (Fsp3) is 0.111. The molecule has 2 rings (SSSR count). The lowest BCUT2D eigenvalue weighted by atomic mass is 10.2. The Morgan fingerprint density at radius 3 is 2.71 bits per heavy atom. The molecule has 0 bridgehead atoms.